The maximum atomic E-state index is 12.7. The van der Waals surface area contributed by atoms with Gasteiger partial charge >= 0.3 is 6.18 Å². The minimum atomic E-state index is -4.68. The van der Waals surface area contributed by atoms with Crippen molar-refractivity contribution in [1.82, 2.24) is 0 Å². The highest BCUT2D eigenvalue weighted by molar-refractivity contribution is 5.99. The van der Waals surface area contributed by atoms with Crippen molar-refractivity contribution in [2.45, 2.75) is 13.1 Å². The van der Waals surface area contributed by atoms with Crippen molar-refractivity contribution in [3.8, 4) is 11.8 Å². The maximum absolute atomic E-state index is 12.7. The number of rotatable bonds is 2. The number of halogens is 3. The molecule has 0 atom stereocenters. The van der Waals surface area contributed by atoms with Crippen molar-refractivity contribution in [2.24, 2.45) is 0 Å². The molecule has 1 aromatic rings. The van der Waals surface area contributed by atoms with Crippen LogP contribution in [0.4, 0.5) is 13.2 Å². The lowest BCUT2D eigenvalue weighted by molar-refractivity contribution is -0.137. The predicted molar refractivity (Wildman–Crippen MR) is 52.7 cm³/mol. The Morgan fingerprint density at radius 1 is 1.41 bits per heavy atom. The first kappa shape index (κ1) is 13.0. The smallest absolute Gasteiger partial charge is 0.417 e. The molecule has 0 saturated heterocycles. The molecule has 0 spiro atoms. The lowest BCUT2D eigenvalue weighted by atomic mass is 9.97. The van der Waals surface area contributed by atoms with Crippen LogP contribution in [-0.4, -0.2) is 12.9 Å². The number of alkyl halides is 3. The summed E-state index contributed by atoms with van der Waals surface area (Å²) in [6.45, 7) is 0.977. The van der Waals surface area contributed by atoms with E-state index in [9.17, 15) is 18.0 Å². The molecule has 0 unspecified atom stereocenters. The van der Waals surface area contributed by atoms with Gasteiger partial charge in [-0.2, -0.15) is 18.4 Å². The normalized spacial score (nSPS) is 10.8. The molecule has 0 aliphatic carbocycles. The van der Waals surface area contributed by atoms with Gasteiger partial charge in [-0.3, -0.25) is 4.79 Å². The van der Waals surface area contributed by atoms with E-state index in [0.717, 1.165) is 19.1 Å². The molecule has 1 aromatic carbocycles. The Bertz CT molecular complexity index is 501. The van der Waals surface area contributed by atoms with Crippen LogP contribution in [0.2, 0.25) is 0 Å². The van der Waals surface area contributed by atoms with E-state index >= 15 is 0 Å². The van der Waals surface area contributed by atoms with E-state index in [1.807, 2.05) is 0 Å². The second-order valence-electron chi connectivity index (χ2n) is 3.23. The lowest BCUT2D eigenvalue weighted by Crippen LogP contribution is -2.14. The topological polar surface area (TPSA) is 50.1 Å². The standard InChI is InChI=1S/C11H8F3NO2/c1-6(16)10-7(5-15)9(17-2)4-3-8(10)11(12,13)14/h3-4H,1-2H3. The van der Waals surface area contributed by atoms with E-state index in [1.165, 1.54) is 7.11 Å². The van der Waals surface area contributed by atoms with Gasteiger partial charge in [0.25, 0.3) is 0 Å². The summed E-state index contributed by atoms with van der Waals surface area (Å²) in [5.74, 6) is -0.876. The number of carbonyl (C=O) groups excluding carboxylic acids is 1. The summed E-state index contributed by atoms with van der Waals surface area (Å²) in [6, 6.07) is 3.32. The van der Waals surface area contributed by atoms with Crippen molar-refractivity contribution in [3.63, 3.8) is 0 Å². The number of benzene rings is 1. The van der Waals surface area contributed by atoms with Crippen LogP contribution in [0.15, 0.2) is 12.1 Å². The van der Waals surface area contributed by atoms with E-state index in [-0.39, 0.29) is 5.75 Å². The molecule has 0 fully saturated rings. The molecule has 0 radical (unpaired) electrons. The average molecular weight is 243 g/mol. The number of nitrogens with zero attached hydrogens (tertiary/aromatic N) is 1. The van der Waals surface area contributed by atoms with Crippen molar-refractivity contribution >= 4 is 5.78 Å². The minimum absolute atomic E-state index is 0.0503. The van der Waals surface area contributed by atoms with Crippen molar-refractivity contribution in [1.29, 1.82) is 5.26 Å². The third kappa shape index (κ3) is 2.38. The average Bonchev–Trinajstić information content (AvgIpc) is 2.25. The molecule has 0 amide bonds. The summed E-state index contributed by atoms with van der Waals surface area (Å²) in [7, 11) is 1.22. The molecule has 3 nitrogen and oxygen atoms in total. The maximum Gasteiger partial charge on any atom is 0.417 e. The van der Waals surface area contributed by atoms with E-state index in [4.69, 9.17) is 10.00 Å². The number of methoxy groups -OCH3 is 1. The number of hydrogen-bond acceptors (Lipinski definition) is 3. The lowest BCUT2D eigenvalue weighted by Gasteiger charge is -2.14. The molecular formula is C11H8F3NO2. The SMILES string of the molecule is COc1ccc(C(F)(F)F)c(C(C)=O)c1C#N. The minimum Gasteiger partial charge on any atom is -0.495 e. The second-order valence-corrected chi connectivity index (χ2v) is 3.23. The van der Waals surface area contributed by atoms with Crippen LogP contribution in [0.1, 0.15) is 28.4 Å². The molecular weight excluding hydrogens is 235 g/mol. The van der Waals surface area contributed by atoms with E-state index in [1.54, 1.807) is 6.07 Å². The Kier molecular flexibility index (Phi) is 3.42. The van der Waals surface area contributed by atoms with Crippen LogP contribution >= 0.6 is 0 Å². The monoisotopic (exact) mass is 243 g/mol. The van der Waals surface area contributed by atoms with Gasteiger partial charge in [0.1, 0.15) is 17.4 Å². The molecule has 0 heterocycles. The molecule has 0 aromatic heterocycles. The fourth-order valence-corrected chi connectivity index (χ4v) is 1.47. The van der Waals surface area contributed by atoms with Crippen LogP contribution in [0, 0.1) is 11.3 Å². The van der Waals surface area contributed by atoms with Gasteiger partial charge in [-0.15, -0.1) is 0 Å². The highest BCUT2D eigenvalue weighted by Crippen LogP contribution is 2.36. The number of hydrogen-bond donors (Lipinski definition) is 0. The molecule has 1 rings (SSSR count). The Hall–Kier alpha value is -2.03. The first-order chi connectivity index (χ1) is 7.82. The third-order valence-electron chi connectivity index (χ3n) is 2.16. The second kappa shape index (κ2) is 4.45. The largest absolute Gasteiger partial charge is 0.495 e. The molecule has 0 bridgehead atoms. The summed E-state index contributed by atoms with van der Waals surface area (Å²) in [5.41, 5.74) is -2.17. The molecule has 17 heavy (non-hydrogen) atoms. The van der Waals surface area contributed by atoms with Crippen molar-refractivity contribution in [3.05, 3.63) is 28.8 Å². The summed E-state index contributed by atoms with van der Waals surface area (Å²) in [5, 5.41) is 8.82. The zero-order valence-electron chi connectivity index (χ0n) is 9.05. The van der Waals surface area contributed by atoms with Crippen molar-refractivity contribution < 1.29 is 22.7 Å². The molecule has 0 aliphatic heterocycles. The van der Waals surface area contributed by atoms with Gasteiger partial charge < -0.3 is 4.74 Å². The number of nitriles is 1. The number of ether oxygens (including phenoxy) is 1. The quantitative estimate of drug-likeness (QED) is 0.750. The fourth-order valence-electron chi connectivity index (χ4n) is 1.47. The number of carbonyl (C=O) groups is 1. The first-order valence-corrected chi connectivity index (χ1v) is 4.52. The van der Waals surface area contributed by atoms with Gasteiger partial charge in [0.15, 0.2) is 5.78 Å². The van der Waals surface area contributed by atoms with Crippen LogP contribution in [0.5, 0.6) is 5.75 Å². The molecule has 0 aliphatic rings. The highest BCUT2D eigenvalue weighted by Gasteiger charge is 2.36. The first-order valence-electron chi connectivity index (χ1n) is 4.52. The molecule has 0 N–H and O–H groups in total. The Balaban J connectivity index is 3.67. The van der Waals surface area contributed by atoms with Crippen LogP contribution in [0.3, 0.4) is 0 Å². The van der Waals surface area contributed by atoms with E-state index in [2.05, 4.69) is 0 Å². The van der Waals surface area contributed by atoms with Gasteiger partial charge in [0, 0.05) is 0 Å². The van der Waals surface area contributed by atoms with Gasteiger partial charge in [-0.05, 0) is 19.1 Å². The summed E-state index contributed by atoms with van der Waals surface area (Å²) < 4.78 is 42.7. The Morgan fingerprint density at radius 2 is 2.00 bits per heavy atom. The van der Waals surface area contributed by atoms with Crippen LogP contribution in [0.25, 0.3) is 0 Å². The van der Waals surface area contributed by atoms with Gasteiger partial charge in [0.05, 0.1) is 18.2 Å². The van der Waals surface area contributed by atoms with Gasteiger partial charge in [-0.1, -0.05) is 0 Å². The summed E-state index contributed by atoms with van der Waals surface area (Å²) in [6.07, 6.45) is -4.68. The fraction of sp³-hybridized carbons (Fsp3) is 0.273. The van der Waals surface area contributed by atoms with Crippen molar-refractivity contribution in [2.75, 3.05) is 7.11 Å². The Morgan fingerprint density at radius 3 is 2.35 bits per heavy atom. The summed E-state index contributed by atoms with van der Waals surface area (Å²) in [4.78, 5) is 11.3. The molecule has 0 saturated carbocycles. The zero-order valence-corrected chi connectivity index (χ0v) is 9.05. The van der Waals surface area contributed by atoms with E-state index < -0.39 is 28.6 Å². The third-order valence-corrected chi connectivity index (χ3v) is 2.16. The molecule has 6 heteroatoms. The predicted octanol–water partition coefficient (Wildman–Crippen LogP) is 2.79. The van der Waals surface area contributed by atoms with Gasteiger partial charge in [-0.25, -0.2) is 0 Å². The Labute approximate surface area is 95.4 Å². The number of Topliss-reactive ketones (excluding diaryl/α,β-unsaturated/α-hetero) is 1. The van der Waals surface area contributed by atoms with E-state index in [0.29, 0.717) is 0 Å². The summed E-state index contributed by atoms with van der Waals surface area (Å²) >= 11 is 0. The van der Waals surface area contributed by atoms with Crippen LogP contribution < -0.4 is 4.74 Å². The van der Waals surface area contributed by atoms with Gasteiger partial charge in [0.2, 0.25) is 0 Å². The molecule has 90 valence electrons. The highest BCUT2D eigenvalue weighted by atomic mass is 19.4. The number of ketones is 1. The zero-order chi connectivity index (χ0) is 13.2. The van der Waals surface area contributed by atoms with Crippen LogP contribution in [-0.2, 0) is 6.18 Å².